The molecule has 0 fully saturated rings. The number of hydrogen-bond donors (Lipinski definition) is 1. The van der Waals surface area contributed by atoms with E-state index in [1.807, 2.05) is 6.92 Å². The van der Waals surface area contributed by atoms with Crippen LogP contribution < -0.4 is 5.32 Å². The summed E-state index contributed by atoms with van der Waals surface area (Å²) < 4.78 is 3.25. The zero-order valence-electron chi connectivity index (χ0n) is 14.5. The van der Waals surface area contributed by atoms with Gasteiger partial charge in [-0.05, 0) is 27.2 Å². The molecule has 9 nitrogen and oxygen atoms in total. The Bertz CT molecular complexity index is 763. The maximum Gasteiger partial charge on any atom is 0.312 e. The molecule has 10 heteroatoms. The fraction of sp³-hybridized carbons (Fsp3) is 0.533. The Morgan fingerprint density at radius 2 is 2.00 bits per heavy atom. The van der Waals surface area contributed by atoms with Crippen molar-refractivity contribution in [2.24, 2.45) is 0 Å². The van der Waals surface area contributed by atoms with Gasteiger partial charge in [0.25, 0.3) is 0 Å². The molecular weight excluding hydrogens is 348 g/mol. The first-order valence-electron chi connectivity index (χ1n) is 7.94. The van der Waals surface area contributed by atoms with Crippen LogP contribution in [0.2, 0.25) is 5.02 Å². The third-order valence-corrected chi connectivity index (χ3v) is 4.22. The second kappa shape index (κ2) is 8.11. The van der Waals surface area contributed by atoms with Gasteiger partial charge in [0, 0.05) is 25.7 Å². The normalized spacial score (nSPS) is 10.9. The van der Waals surface area contributed by atoms with Crippen molar-refractivity contribution in [1.29, 1.82) is 0 Å². The van der Waals surface area contributed by atoms with Crippen LogP contribution in [0.3, 0.4) is 0 Å². The Kier molecular flexibility index (Phi) is 6.13. The van der Waals surface area contributed by atoms with Gasteiger partial charge in [-0.25, -0.2) is 0 Å². The van der Waals surface area contributed by atoms with Crippen LogP contribution in [-0.4, -0.2) is 36.9 Å². The summed E-state index contributed by atoms with van der Waals surface area (Å²) in [7, 11) is 0. The van der Waals surface area contributed by atoms with Crippen molar-refractivity contribution in [2.45, 2.75) is 46.7 Å². The maximum atomic E-state index is 11.9. The fourth-order valence-electron chi connectivity index (χ4n) is 2.54. The number of aromatic nitrogens is 4. The molecule has 0 aliphatic carbocycles. The second-order valence-electron chi connectivity index (χ2n) is 5.78. The number of aryl methyl sites for hydroxylation is 4. The molecule has 136 valence electrons. The van der Waals surface area contributed by atoms with Crippen molar-refractivity contribution < 1.29 is 9.72 Å². The Balaban J connectivity index is 1.74. The second-order valence-corrected chi connectivity index (χ2v) is 6.19. The number of hydrogen-bond acceptors (Lipinski definition) is 5. The first kappa shape index (κ1) is 18.9. The van der Waals surface area contributed by atoms with E-state index in [0.717, 1.165) is 12.1 Å². The van der Waals surface area contributed by atoms with Crippen molar-refractivity contribution in [3.8, 4) is 0 Å². The number of halogens is 1. The highest BCUT2D eigenvalue weighted by atomic mass is 35.5. The smallest absolute Gasteiger partial charge is 0.312 e. The molecule has 25 heavy (non-hydrogen) atoms. The van der Waals surface area contributed by atoms with E-state index >= 15 is 0 Å². The number of rotatable bonds is 8. The number of carbonyl (C=O) groups is 1. The first-order chi connectivity index (χ1) is 11.8. The number of nitrogens with zero attached hydrogens (tertiary/aromatic N) is 5. The summed E-state index contributed by atoms with van der Waals surface area (Å²) in [6.45, 7) is 6.55. The molecule has 0 bridgehead atoms. The van der Waals surface area contributed by atoms with Gasteiger partial charge in [0.2, 0.25) is 5.91 Å². The molecule has 0 saturated heterocycles. The van der Waals surface area contributed by atoms with Gasteiger partial charge in [-0.1, -0.05) is 11.6 Å². The zero-order chi connectivity index (χ0) is 18.6. The van der Waals surface area contributed by atoms with Gasteiger partial charge in [0.05, 0.1) is 22.2 Å². The topological polar surface area (TPSA) is 108 Å². The lowest BCUT2D eigenvalue weighted by Gasteiger charge is -2.06. The molecule has 0 aromatic carbocycles. The summed E-state index contributed by atoms with van der Waals surface area (Å²) in [5.41, 5.74) is 1.61. The summed E-state index contributed by atoms with van der Waals surface area (Å²) in [5, 5.41) is 22.8. The van der Waals surface area contributed by atoms with E-state index < -0.39 is 4.92 Å². The molecule has 1 amide bonds. The average molecular weight is 369 g/mol. The van der Waals surface area contributed by atoms with Crippen molar-refractivity contribution in [2.75, 3.05) is 6.54 Å². The van der Waals surface area contributed by atoms with Gasteiger partial charge in [-0.3, -0.25) is 24.3 Å². The van der Waals surface area contributed by atoms with E-state index in [4.69, 9.17) is 11.6 Å². The number of carbonyl (C=O) groups excluding carboxylic acids is 1. The number of nitro groups is 1. The zero-order valence-corrected chi connectivity index (χ0v) is 15.2. The Morgan fingerprint density at radius 1 is 1.28 bits per heavy atom. The van der Waals surface area contributed by atoms with Crippen molar-refractivity contribution in [3.63, 3.8) is 0 Å². The quantitative estimate of drug-likeness (QED) is 0.436. The van der Waals surface area contributed by atoms with E-state index in [9.17, 15) is 14.9 Å². The minimum atomic E-state index is -0.447. The predicted octanol–water partition coefficient (Wildman–Crippen LogP) is 2.16. The fourth-order valence-corrected chi connectivity index (χ4v) is 2.69. The molecule has 0 unspecified atom stereocenters. The summed E-state index contributed by atoms with van der Waals surface area (Å²) in [6.07, 6.45) is 2.70. The largest absolute Gasteiger partial charge is 0.356 e. The van der Waals surface area contributed by atoms with Crippen LogP contribution in [0.15, 0.2) is 6.20 Å². The lowest BCUT2D eigenvalue weighted by atomic mass is 10.3. The summed E-state index contributed by atoms with van der Waals surface area (Å²) >= 11 is 5.93. The molecule has 0 radical (unpaired) electrons. The molecular formula is C15H21ClN6O3. The predicted molar refractivity (Wildman–Crippen MR) is 92.6 cm³/mol. The molecule has 0 atom stereocenters. The third kappa shape index (κ3) is 4.79. The molecule has 2 aromatic rings. The standard InChI is InChI=1S/C15H21ClN6O3/c1-10-13(16)9-20(18-10)7-4-6-17-14(23)5-8-21-12(3)15(22(24)25)11(2)19-21/h9H,4-8H2,1-3H3,(H,17,23). The SMILES string of the molecule is Cc1nn(CCCNC(=O)CCn2nc(C)c([N+](=O)[O-])c2C)cc1Cl. The van der Waals surface area contributed by atoms with Crippen LogP contribution in [-0.2, 0) is 17.9 Å². The summed E-state index contributed by atoms with van der Waals surface area (Å²) in [6, 6.07) is 0. The molecule has 0 aliphatic heterocycles. The lowest BCUT2D eigenvalue weighted by Crippen LogP contribution is -2.26. The van der Waals surface area contributed by atoms with Crippen LogP contribution in [0.1, 0.15) is 29.9 Å². The van der Waals surface area contributed by atoms with Crippen molar-refractivity contribution in [1.82, 2.24) is 24.9 Å². The Labute approximate surface area is 150 Å². The van der Waals surface area contributed by atoms with E-state index in [1.165, 1.54) is 4.68 Å². The van der Waals surface area contributed by atoms with Gasteiger partial charge >= 0.3 is 5.69 Å². The van der Waals surface area contributed by atoms with E-state index in [1.54, 1.807) is 24.7 Å². The summed E-state index contributed by atoms with van der Waals surface area (Å²) in [4.78, 5) is 22.4. The van der Waals surface area contributed by atoms with E-state index in [-0.39, 0.29) is 18.0 Å². The minimum Gasteiger partial charge on any atom is -0.356 e. The number of amides is 1. The summed E-state index contributed by atoms with van der Waals surface area (Å²) in [5.74, 6) is -0.120. The molecule has 2 heterocycles. The van der Waals surface area contributed by atoms with Crippen LogP contribution in [0.4, 0.5) is 5.69 Å². The highest BCUT2D eigenvalue weighted by Gasteiger charge is 2.21. The molecule has 0 saturated carbocycles. The van der Waals surface area contributed by atoms with Crippen molar-refractivity contribution >= 4 is 23.2 Å². The monoisotopic (exact) mass is 368 g/mol. The van der Waals surface area contributed by atoms with Crippen molar-refractivity contribution in [3.05, 3.63) is 38.4 Å². The highest BCUT2D eigenvalue weighted by Crippen LogP contribution is 2.21. The van der Waals surface area contributed by atoms with Crippen LogP contribution in [0, 0.1) is 30.9 Å². The van der Waals surface area contributed by atoms with Gasteiger partial charge in [-0.15, -0.1) is 0 Å². The minimum absolute atomic E-state index is 0.00795. The third-order valence-electron chi connectivity index (χ3n) is 3.85. The van der Waals surface area contributed by atoms with Gasteiger partial charge in [0.15, 0.2) is 0 Å². The molecule has 1 N–H and O–H groups in total. The maximum absolute atomic E-state index is 11.9. The first-order valence-corrected chi connectivity index (χ1v) is 8.32. The highest BCUT2D eigenvalue weighted by molar-refractivity contribution is 6.31. The van der Waals surface area contributed by atoms with Crippen LogP contribution in [0.25, 0.3) is 0 Å². The Morgan fingerprint density at radius 3 is 2.56 bits per heavy atom. The molecule has 0 aliphatic rings. The van der Waals surface area contributed by atoms with Crippen LogP contribution in [0.5, 0.6) is 0 Å². The van der Waals surface area contributed by atoms with Crippen LogP contribution >= 0.6 is 11.6 Å². The van der Waals surface area contributed by atoms with E-state index in [2.05, 4.69) is 15.5 Å². The van der Waals surface area contributed by atoms with Gasteiger partial charge < -0.3 is 5.32 Å². The average Bonchev–Trinajstić information content (AvgIpc) is 3.00. The Hall–Kier alpha value is -2.42. The lowest BCUT2D eigenvalue weighted by molar-refractivity contribution is -0.386. The molecule has 2 aromatic heterocycles. The molecule has 0 spiro atoms. The van der Waals surface area contributed by atoms with Gasteiger partial charge in [-0.2, -0.15) is 10.2 Å². The van der Waals surface area contributed by atoms with Gasteiger partial charge in [0.1, 0.15) is 11.4 Å². The number of nitrogens with one attached hydrogen (secondary N) is 1. The van der Waals surface area contributed by atoms with E-state index in [0.29, 0.717) is 36.0 Å². The molecule has 2 rings (SSSR count).